The smallest absolute Gasteiger partial charge is 0.319 e. The van der Waals surface area contributed by atoms with Crippen molar-refractivity contribution in [1.82, 2.24) is 20.2 Å². The number of nitrogens with one attached hydrogen (secondary N) is 1. The van der Waals surface area contributed by atoms with Crippen molar-refractivity contribution in [3.05, 3.63) is 59.7 Å². The molecule has 2 N–H and O–H groups in total. The highest BCUT2D eigenvalue weighted by molar-refractivity contribution is 6.06. The molecule has 4 fully saturated rings. The minimum absolute atomic E-state index is 0.0178. The molecule has 236 valence electrons. The van der Waals surface area contributed by atoms with Gasteiger partial charge >= 0.3 is 6.01 Å². The van der Waals surface area contributed by atoms with Gasteiger partial charge in [-0.25, -0.2) is 13.2 Å². The fourth-order valence-electron chi connectivity index (χ4n) is 8.33. The Labute approximate surface area is 265 Å². The summed E-state index contributed by atoms with van der Waals surface area (Å²) >= 11 is 0. The lowest BCUT2D eigenvalue weighted by molar-refractivity contribution is 0.107. The average Bonchev–Trinajstić information content (AvgIpc) is 3.69. The molecule has 10 heteroatoms. The zero-order valence-corrected chi connectivity index (χ0v) is 25.3. The maximum atomic E-state index is 17.2. The molecule has 4 atom stereocenters. The van der Waals surface area contributed by atoms with E-state index in [1.807, 2.05) is 0 Å². The highest BCUT2D eigenvalue weighted by Crippen LogP contribution is 2.44. The molecular weight excluding hydrogens is 591 g/mol. The molecular formula is C36H34F3N5O2. The summed E-state index contributed by atoms with van der Waals surface area (Å²) in [7, 11) is 0. The second-order valence-corrected chi connectivity index (χ2v) is 13.1. The van der Waals surface area contributed by atoms with Crippen LogP contribution in [0, 0.1) is 24.0 Å². The van der Waals surface area contributed by atoms with Crippen molar-refractivity contribution in [2.75, 3.05) is 37.7 Å². The van der Waals surface area contributed by atoms with Gasteiger partial charge in [-0.3, -0.25) is 4.90 Å². The number of halogens is 3. The Morgan fingerprint density at radius 1 is 1.15 bits per heavy atom. The third-order valence-electron chi connectivity index (χ3n) is 10.4. The van der Waals surface area contributed by atoms with Crippen LogP contribution in [0.15, 0.2) is 36.9 Å². The van der Waals surface area contributed by atoms with E-state index in [1.54, 1.807) is 6.07 Å². The van der Waals surface area contributed by atoms with Crippen molar-refractivity contribution < 1.29 is 23.0 Å². The predicted octanol–water partition coefficient (Wildman–Crippen LogP) is 5.95. The molecule has 0 radical (unpaired) electrons. The minimum Gasteiger partial charge on any atom is -0.508 e. The molecule has 0 spiro atoms. The summed E-state index contributed by atoms with van der Waals surface area (Å²) in [6.45, 7) is 6.75. The van der Waals surface area contributed by atoms with Gasteiger partial charge in [0.15, 0.2) is 5.82 Å². The highest BCUT2D eigenvalue weighted by atomic mass is 19.1. The number of benzene rings is 3. The van der Waals surface area contributed by atoms with Gasteiger partial charge in [0.1, 0.15) is 35.7 Å². The van der Waals surface area contributed by atoms with E-state index in [2.05, 4.69) is 32.6 Å². The third-order valence-corrected chi connectivity index (χ3v) is 10.4. The van der Waals surface area contributed by atoms with Gasteiger partial charge in [-0.1, -0.05) is 24.6 Å². The lowest BCUT2D eigenvalue weighted by atomic mass is 9.90. The normalized spacial score (nSPS) is 25.7. The first-order valence-electron chi connectivity index (χ1n) is 15.9. The number of aromatic hydroxyl groups is 1. The average molecular weight is 626 g/mol. The first-order valence-corrected chi connectivity index (χ1v) is 15.9. The molecule has 4 aliphatic rings. The van der Waals surface area contributed by atoms with Crippen LogP contribution in [0.25, 0.3) is 38.9 Å². The Morgan fingerprint density at radius 3 is 2.72 bits per heavy atom. The standard InChI is InChI=1S/C36H34F3N5O2/c1-3-20-13-28-33(32(39)31(20)27-14-25(45)12-21-6-9-29(38)26(4-2)30(21)27)41-35(42-34(28)43-17-23-7-8-24(18-43)40-23)46-19-36-10-5-11-44(36)16-22(37)15-36/h2-3,6,9,12-14,22-24,40,45H,1,5,7-8,10-11,15-19H2/t22-,23-,24+,36+/m1/s1. The van der Waals surface area contributed by atoms with Crippen LogP contribution in [0.2, 0.25) is 0 Å². The maximum Gasteiger partial charge on any atom is 0.319 e. The molecule has 1 aromatic heterocycles. The molecule has 4 aliphatic heterocycles. The van der Waals surface area contributed by atoms with Gasteiger partial charge in [0, 0.05) is 54.5 Å². The summed E-state index contributed by atoms with van der Waals surface area (Å²) in [5.41, 5.74) is 0.281. The number of alkyl halides is 1. The zero-order chi connectivity index (χ0) is 31.7. The first kappa shape index (κ1) is 29.1. The van der Waals surface area contributed by atoms with Crippen LogP contribution in [0.4, 0.5) is 19.0 Å². The number of terminal acetylenes is 1. The summed E-state index contributed by atoms with van der Waals surface area (Å²) in [5, 5.41) is 15.6. The number of fused-ring (bicyclic) bond motifs is 5. The number of hydrogen-bond acceptors (Lipinski definition) is 7. The van der Waals surface area contributed by atoms with Crippen molar-refractivity contribution in [2.24, 2.45) is 0 Å². The molecule has 0 saturated carbocycles. The van der Waals surface area contributed by atoms with Gasteiger partial charge in [0.05, 0.1) is 11.1 Å². The van der Waals surface area contributed by atoms with Crippen molar-refractivity contribution in [3.8, 4) is 35.2 Å². The summed E-state index contributed by atoms with van der Waals surface area (Å²) in [4.78, 5) is 13.8. The maximum absolute atomic E-state index is 17.2. The van der Waals surface area contributed by atoms with Gasteiger partial charge in [-0.05, 0) is 73.0 Å². The van der Waals surface area contributed by atoms with E-state index in [9.17, 15) is 13.9 Å². The molecule has 2 bridgehead atoms. The summed E-state index contributed by atoms with van der Waals surface area (Å²) < 4.78 is 52.9. The van der Waals surface area contributed by atoms with Gasteiger partial charge in [0.25, 0.3) is 0 Å². The first-order chi connectivity index (χ1) is 22.3. The van der Waals surface area contributed by atoms with E-state index in [1.165, 1.54) is 30.3 Å². The van der Waals surface area contributed by atoms with Crippen LogP contribution in [0.5, 0.6) is 11.8 Å². The van der Waals surface area contributed by atoms with E-state index in [-0.39, 0.29) is 52.7 Å². The van der Waals surface area contributed by atoms with E-state index >= 15 is 4.39 Å². The highest BCUT2D eigenvalue weighted by Gasteiger charge is 2.49. The second-order valence-electron chi connectivity index (χ2n) is 13.1. The lowest BCUT2D eigenvalue weighted by Gasteiger charge is -2.35. The zero-order valence-electron chi connectivity index (χ0n) is 25.3. The van der Waals surface area contributed by atoms with E-state index in [0.29, 0.717) is 53.6 Å². The Bertz CT molecular complexity index is 1950. The molecule has 0 unspecified atom stereocenters. The molecule has 46 heavy (non-hydrogen) atoms. The van der Waals surface area contributed by atoms with Crippen molar-refractivity contribution in [1.29, 1.82) is 0 Å². The fraction of sp³-hybridized carbons (Fsp3) is 0.389. The van der Waals surface area contributed by atoms with Crippen molar-refractivity contribution in [3.63, 3.8) is 0 Å². The van der Waals surface area contributed by atoms with Crippen LogP contribution in [0.3, 0.4) is 0 Å². The van der Waals surface area contributed by atoms with Crippen LogP contribution in [-0.2, 0) is 0 Å². The number of aromatic nitrogens is 2. The van der Waals surface area contributed by atoms with Crippen LogP contribution in [0.1, 0.15) is 43.2 Å². The summed E-state index contributed by atoms with van der Waals surface area (Å²) in [6, 6.07) is 7.97. The number of ether oxygens (including phenoxy) is 1. The topological polar surface area (TPSA) is 73.8 Å². The number of anilines is 1. The largest absolute Gasteiger partial charge is 0.508 e. The number of phenols is 1. The Hall–Kier alpha value is -4.33. The Balaban J connectivity index is 1.33. The van der Waals surface area contributed by atoms with Crippen LogP contribution in [-0.4, -0.2) is 76.6 Å². The Kier molecular flexibility index (Phi) is 6.89. The summed E-state index contributed by atoms with van der Waals surface area (Å²) in [5.74, 6) is 1.52. The van der Waals surface area contributed by atoms with E-state index < -0.39 is 23.3 Å². The van der Waals surface area contributed by atoms with Crippen LogP contribution >= 0.6 is 0 Å². The summed E-state index contributed by atoms with van der Waals surface area (Å²) in [6.07, 6.45) is 10.6. The quantitative estimate of drug-likeness (QED) is 0.257. The Morgan fingerprint density at radius 2 is 1.96 bits per heavy atom. The molecule has 0 amide bonds. The fourth-order valence-corrected chi connectivity index (χ4v) is 8.33. The minimum atomic E-state index is -0.916. The van der Waals surface area contributed by atoms with Gasteiger partial charge in [-0.15, -0.1) is 6.42 Å². The lowest BCUT2D eigenvalue weighted by Crippen LogP contribution is -2.51. The molecule has 8 rings (SSSR count). The predicted molar refractivity (Wildman–Crippen MR) is 173 cm³/mol. The second kappa shape index (κ2) is 10.9. The molecule has 0 aliphatic carbocycles. The molecule has 4 saturated heterocycles. The van der Waals surface area contributed by atoms with Gasteiger partial charge < -0.3 is 20.1 Å². The molecule has 7 nitrogen and oxygen atoms in total. The van der Waals surface area contributed by atoms with Gasteiger partial charge in [0.2, 0.25) is 0 Å². The molecule has 5 heterocycles. The van der Waals surface area contributed by atoms with Crippen molar-refractivity contribution in [2.45, 2.75) is 55.9 Å². The number of hydrogen-bond donors (Lipinski definition) is 2. The van der Waals surface area contributed by atoms with Crippen molar-refractivity contribution >= 4 is 33.6 Å². The van der Waals surface area contributed by atoms with Gasteiger partial charge in [-0.2, -0.15) is 9.97 Å². The molecule has 3 aromatic carbocycles. The number of phenolic OH excluding ortho intramolecular Hbond substituents is 1. The van der Waals surface area contributed by atoms with E-state index in [4.69, 9.17) is 16.1 Å². The monoisotopic (exact) mass is 625 g/mol. The van der Waals surface area contributed by atoms with E-state index in [0.717, 1.165) is 32.2 Å². The SMILES string of the molecule is C#Cc1c(F)ccc2cc(O)cc(-c3c(C=C)cc4c(N5C[C@H]6CC[C@@H](C5)N6)nc(OC[C@@]56CCCN5C[C@H](F)C6)nc4c3F)c12. The van der Waals surface area contributed by atoms with Crippen LogP contribution < -0.4 is 15.0 Å². The third kappa shape index (κ3) is 4.59. The number of nitrogens with zero attached hydrogens (tertiary/aromatic N) is 4. The number of piperazine rings is 1. The number of rotatable bonds is 6. The molecule has 4 aromatic rings.